The predicted molar refractivity (Wildman–Crippen MR) is 128 cm³/mol. The SMILES string of the molecule is C=CC(=O)Oc1ccc(CCc2ccc(C#N)cc2)c(OC(=O)c2ccccc2)c1OCCC. The Balaban J connectivity index is 1.99. The van der Waals surface area contributed by atoms with E-state index in [-0.39, 0.29) is 17.2 Å². The quantitative estimate of drug-likeness (QED) is 0.230. The lowest BCUT2D eigenvalue weighted by Crippen LogP contribution is -2.13. The van der Waals surface area contributed by atoms with Crippen molar-refractivity contribution in [2.24, 2.45) is 0 Å². The predicted octanol–water partition coefficient (Wildman–Crippen LogP) is 5.44. The molecule has 0 unspecified atom stereocenters. The summed E-state index contributed by atoms with van der Waals surface area (Å²) in [5.74, 6) is -0.638. The number of rotatable bonds is 10. The van der Waals surface area contributed by atoms with E-state index in [1.54, 1.807) is 48.5 Å². The van der Waals surface area contributed by atoms with Gasteiger partial charge in [-0.25, -0.2) is 9.59 Å². The minimum atomic E-state index is -0.646. The van der Waals surface area contributed by atoms with Gasteiger partial charge in [-0.15, -0.1) is 0 Å². The molecule has 0 saturated heterocycles. The molecule has 34 heavy (non-hydrogen) atoms. The van der Waals surface area contributed by atoms with Gasteiger partial charge in [0.05, 0.1) is 23.8 Å². The zero-order valence-corrected chi connectivity index (χ0v) is 19.0. The molecule has 0 amide bonds. The Kier molecular flexibility index (Phi) is 8.59. The Morgan fingerprint density at radius 2 is 1.68 bits per heavy atom. The molecule has 0 aromatic heterocycles. The lowest BCUT2D eigenvalue weighted by atomic mass is 10.0. The van der Waals surface area contributed by atoms with Crippen molar-refractivity contribution in [1.82, 2.24) is 0 Å². The van der Waals surface area contributed by atoms with Crippen molar-refractivity contribution in [1.29, 1.82) is 5.26 Å². The fraction of sp³-hybridized carbons (Fsp3) is 0.179. The van der Waals surface area contributed by atoms with Gasteiger partial charge in [-0.2, -0.15) is 5.26 Å². The third kappa shape index (κ3) is 6.33. The van der Waals surface area contributed by atoms with Crippen LogP contribution in [0.25, 0.3) is 0 Å². The maximum atomic E-state index is 12.9. The van der Waals surface area contributed by atoms with Crippen LogP contribution in [0.4, 0.5) is 0 Å². The van der Waals surface area contributed by atoms with Crippen molar-refractivity contribution in [3.63, 3.8) is 0 Å². The molecule has 0 radical (unpaired) electrons. The highest BCUT2D eigenvalue weighted by Crippen LogP contribution is 2.41. The summed E-state index contributed by atoms with van der Waals surface area (Å²) in [6, 6.07) is 21.4. The van der Waals surface area contributed by atoms with E-state index in [4.69, 9.17) is 19.5 Å². The molecule has 0 heterocycles. The highest BCUT2D eigenvalue weighted by atomic mass is 16.6. The minimum absolute atomic E-state index is 0.149. The van der Waals surface area contributed by atoms with Crippen molar-refractivity contribution in [3.05, 3.63) is 102 Å². The molecule has 0 spiro atoms. The third-order valence-electron chi connectivity index (χ3n) is 4.96. The summed E-state index contributed by atoms with van der Waals surface area (Å²) in [4.78, 5) is 24.8. The van der Waals surface area contributed by atoms with E-state index >= 15 is 0 Å². The summed E-state index contributed by atoms with van der Waals surface area (Å²) in [6.45, 7) is 5.72. The Morgan fingerprint density at radius 1 is 0.941 bits per heavy atom. The number of carbonyl (C=O) groups excluding carboxylic acids is 2. The fourth-order valence-electron chi connectivity index (χ4n) is 3.22. The molecular formula is C28H25NO5. The maximum Gasteiger partial charge on any atom is 0.343 e. The van der Waals surface area contributed by atoms with Crippen molar-refractivity contribution in [2.75, 3.05) is 6.61 Å². The van der Waals surface area contributed by atoms with Crippen LogP contribution >= 0.6 is 0 Å². The van der Waals surface area contributed by atoms with Crippen LogP contribution in [0, 0.1) is 11.3 Å². The monoisotopic (exact) mass is 455 g/mol. The molecule has 0 saturated carbocycles. The van der Waals surface area contributed by atoms with Crippen molar-refractivity contribution in [3.8, 4) is 23.3 Å². The summed E-state index contributed by atoms with van der Waals surface area (Å²) in [5.41, 5.74) is 2.72. The molecule has 0 aliphatic rings. The summed E-state index contributed by atoms with van der Waals surface area (Å²) in [5, 5.41) is 9.00. The number of hydrogen-bond donors (Lipinski definition) is 0. The smallest absolute Gasteiger partial charge is 0.343 e. The van der Waals surface area contributed by atoms with Crippen LogP contribution in [0.5, 0.6) is 17.2 Å². The number of hydrogen-bond acceptors (Lipinski definition) is 6. The standard InChI is InChI=1S/C28H25NO5/c1-3-18-32-27-24(33-25(30)4-2)17-16-22(15-14-20-10-12-21(19-29)13-11-20)26(27)34-28(31)23-8-6-5-7-9-23/h4-13,16-17H,2-3,14-15,18H2,1H3. The molecule has 6 heteroatoms. The van der Waals surface area contributed by atoms with E-state index in [0.717, 1.165) is 17.2 Å². The zero-order valence-electron chi connectivity index (χ0n) is 19.0. The molecule has 3 rings (SSSR count). The number of esters is 2. The molecule has 0 N–H and O–H groups in total. The van der Waals surface area contributed by atoms with Gasteiger partial charge in [0.15, 0.2) is 11.5 Å². The van der Waals surface area contributed by atoms with Gasteiger partial charge in [-0.3, -0.25) is 0 Å². The van der Waals surface area contributed by atoms with Gasteiger partial charge in [-0.1, -0.05) is 49.9 Å². The Labute approximate surface area is 199 Å². The molecule has 6 nitrogen and oxygen atoms in total. The van der Waals surface area contributed by atoms with Gasteiger partial charge in [0, 0.05) is 6.08 Å². The van der Waals surface area contributed by atoms with E-state index in [1.165, 1.54) is 0 Å². The highest BCUT2D eigenvalue weighted by Gasteiger charge is 2.22. The second-order valence-corrected chi connectivity index (χ2v) is 7.42. The topological polar surface area (TPSA) is 85.6 Å². The summed E-state index contributed by atoms with van der Waals surface area (Å²) >= 11 is 0. The average molecular weight is 456 g/mol. The van der Waals surface area contributed by atoms with Gasteiger partial charge in [0.1, 0.15) is 0 Å². The molecule has 0 aliphatic carbocycles. The lowest BCUT2D eigenvalue weighted by molar-refractivity contribution is -0.129. The first kappa shape index (κ1) is 24.3. The van der Waals surface area contributed by atoms with Crippen LogP contribution in [0.1, 0.15) is 40.4 Å². The Bertz CT molecular complexity index is 1190. The maximum absolute atomic E-state index is 12.9. The van der Waals surface area contributed by atoms with Crippen LogP contribution < -0.4 is 14.2 Å². The van der Waals surface area contributed by atoms with Crippen LogP contribution in [0.15, 0.2) is 79.4 Å². The average Bonchev–Trinajstić information content (AvgIpc) is 2.88. The van der Waals surface area contributed by atoms with Gasteiger partial charge in [0.25, 0.3) is 0 Å². The van der Waals surface area contributed by atoms with Crippen LogP contribution in [-0.4, -0.2) is 18.5 Å². The first-order valence-corrected chi connectivity index (χ1v) is 10.9. The highest BCUT2D eigenvalue weighted by molar-refractivity contribution is 5.92. The van der Waals surface area contributed by atoms with Crippen molar-refractivity contribution < 1.29 is 23.8 Å². The molecule has 0 atom stereocenters. The van der Waals surface area contributed by atoms with E-state index in [1.807, 2.05) is 25.1 Å². The summed E-state index contributed by atoms with van der Waals surface area (Å²) in [7, 11) is 0. The number of aryl methyl sites for hydroxylation is 2. The zero-order chi connectivity index (χ0) is 24.3. The number of benzene rings is 3. The fourth-order valence-corrected chi connectivity index (χ4v) is 3.22. The second kappa shape index (κ2) is 12.0. The summed E-state index contributed by atoms with van der Waals surface area (Å²) in [6.07, 6.45) is 2.93. The number of carbonyl (C=O) groups is 2. The normalized spacial score (nSPS) is 10.1. The van der Waals surface area contributed by atoms with Gasteiger partial charge in [-0.05, 0) is 60.7 Å². The third-order valence-corrected chi connectivity index (χ3v) is 4.96. The summed E-state index contributed by atoms with van der Waals surface area (Å²) < 4.78 is 17.1. The van der Waals surface area contributed by atoms with Crippen LogP contribution in [-0.2, 0) is 17.6 Å². The largest absolute Gasteiger partial charge is 0.486 e. The Hall–Kier alpha value is -4.37. The van der Waals surface area contributed by atoms with Gasteiger partial charge < -0.3 is 14.2 Å². The molecular weight excluding hydrogens is 430 g/mol. The molecule has 0 fully saturated rings. The van der Waals surface area contributed by atoms with Crippen molar-refractivity contribution in [2.45, 2.75) is 26.2 Å². The first-order valence-electron chi connectivity index (χ1n) is 10.9. The van der Waals surface area contributed by atoms with Gasteiger partial charge in [0.2, 0.25) is 5.75 Å². The minimum Gasteiger partial charge on any atom is -0.486 e. The van der Waals surface area contributed by atoms with Crippen molar-refractivity contribution >= 4 is 11.9 Å². The van der Waals surface area contributed by atoms with Gasteiger partial charge >= 0.3 is 11.9 Å². The second-order valence-electron chi connectivity index (χ2n) is 7.42. The Morgan fingerprint density at radius 3 is 2.32 bits per heavy atom. The molecule has 3 aromatic rings. The number of nitriles is 1. The lowest BCUT2D eigenvalue weighted by Gasteiger charge is -2.18. The van der Waals surface area contributed by atoms with E-state index in [0.29, 0.717) is 37.0 Å². The number of ether oxygens (including phenoxy) is 3. The first-order chi connectivity index (χ1) is 16.5. The molecule has 3 aromatic carbocycles. The molecule has 0 bridgehead atoms. The molecule has 172 valence electrons. The number of nitrogens with zero attached hydrogens (tertiary/aromatic N) is 1. The van der Waals surface area contributed by atoms with E-state index < -0.39 is 11.9 Å². The van der Waals surface area contributed by atoms with Crippen LogP contribution in [0.3, 0.4) is 0 Å². The molecule has 0 aliphatic heterocycles. The van der Waals surface area contributed by atoms with E-state index in [2.05, 4.69) is 12.6 Å². The van der Waals surface area contributed by atoms with E-state index in [9.17, 15) is 9.59 Å². The van der Waals surface area contributed by atoms with Crippen LogP contribution in [0.2, 0.25) is 0 Å².